The van der Waals surface area contributed by atoms with Crippen LogP contribution in [0.2, 0.25) is 0 Å². The average molecular weight is 458 g/mol. The van der Waals surface area contributed by atoms with Gasteiger partial charge in [-0.2, -0.15) is 0 Å². The molecule has 1 unspecified atom stereocenters. The highest BCUT2D eigenvalue weighted by atomic mass is 79.9. The molecule has 0 bridgehead atoms. The summed E-state index contributed by atoms with van der Waals surface area (Å²) >= 11 is 5.18. The molecule has 28 heavy (non-hydrogen) atoms. The van der Waals surface area contributed by atoms with Gasteiger partial charge in [-0.1, -0.05) is 18.2 Å². The highest BCUT2D eigenvalue weighted by Gasteiger charge is 2.34. The lowest BCUT2D eigenvalue weighted by Gasteiger charge is -2.37. The largest absolute Gasteiger partial charge is 0.493 e. The minimum absolute atomic E-state index is 0.0197. The van der Waals surface area contributed by atoms with E-state index in [1.165, 1.54) is 5.56 Å². The van der Waals surface area contributed by atoms with Crippen molar-refractivity contribution in [2.75, 3.05) is 20.8 Å². The average Bonchev–Trinajstić information content (AvgIpc) is 3.26. The van der Waals surface area contributed by atoms with Crippen LogP contribution in [0.25, 0.3) is 0 Å². The summed E-state index contributed by atoms with van der Waals surface area (Å²) in [6, 6.07) is 15.6. The maximum atomic E-state index is 13.5. The van der Waals surface area contributed by atoms with Crippen LogP contribution in [0.1, 0.15) is 32.4 Å². The molecule has 4 rings (SSSR count). The maximum absolute atomic E-state index is 13.5. The summed E-state index contributed by atoms with van der Waals surface area (Å²) in [5.41, 5.74) is 2.95. The van der Waals surface area contributed by atoms with E-state index in [0.717, 1.165) is 27.1 Å². The molecule has 4 nitrogen and oxygen atoms in total. The van der Waals surface area contributed by atoms with Gasteiger partial charge in [0.25, 0.3) is 5.91 Å². The van der Waals surface area contributed by atoms with Crippen molar-refractivity contribution in [1.82, 2.24) is 4.90 Å². The van der Waals surface area contributed by atoms with E-state index in [4.69, 9.17) is 9.47 Å². The molecule has 0 aliphatic carbocycles. The van der Waals surface area contributed by atoms with Crippen molar-refractivity contribution in [3.05, 3.63) is 80.0 Å². The summed E-state index contributed by atoms with van der Waals surface area (Å²) in [5.74, 6) is 1.42. The van der Waals surface area contributed by atoms with Crippen LogP contribution in [-0.2, 0) is 6.42 Å². The van der Waals surface area contributed by atoms with Crippen LogP contribution in [-0.4, -0.2) is 31.6 Å². The van der Waals surface area contributed by atoms with Crippen molar-refractivity contribution in [3.63, 3.8) is 0 Å². The summed E-state index contributed by atoms with van der Waals surface area (Å²) < 4.78 is 11.8. The maximum Gasteiger partial charge on any atom is 0.255 e. The number of carbonyl (C=O) groups excluding carboxylic acids is 1. The molecule has 0 radical (unpaired) electrons. The van der Waals surface area contributed by atoms with E-state index in [1.807, 2.05) is 52.7 Å². The predicted molar refractivity (Wildman–Crippen MR) is 115 cm³/mol. The highest BCUT2D eigenvalue weighted by molar-refractivity contribution is 9.10. The standard InChI is InChI=1S/C22H20BrNO3S/c1-26-18-12-14-9-10-24(22(25)15-6-3-4-7-17(15)23)21(20-8-5-11-28-20)16(14)13-19(18)27-2/h3-8,11-13,21H,9-10H2,1-2H3. The Morgan fingerprint density at radius 2 is 1.86 bits per heavy atom. The topological polar surface area (TPSA) is 38.8 Å². The number of hydrogen-bond donors (Lipinski definition) is 0. The zero-order chi connectivity index (χ0) is 19.7. The van der Waals surface area contributed by atoms with Crippen LogP contribution in [0.3, 0.4) is 0 Å². The second-order valence-electron chi connectivity index (χ2n) is 6.55. The molecule has 3 aromatic rings. The summed E-state index contributed by atoms with van der Waals surface area (Å²) in [6.45, 7) is 0.644. The number of amides is 1. The molecule has 1 aliphatic rings. The zero-order valence-electron chi connectivity index (χ0n) is 15.6. The number of ether oxygens (including phenoxy) is 2. The summed E-state index contributed by atoms with van der Waals surface area (Å²) in [5, 5.41) is 2.05. The molecule has 0 fully saturated rings. The summed E-state index contributed by atoms with van der Waals surface area (Å²) in [6.07, 6.45) is 0.772. The van der Waals surface area contributed by atoms with Gasteiger partial charge >= 0.3 is 0 Å². The third kappa shape index (κ3) is 3.31. The van der Waals surface area contributed by atoms with E-state index in [2.05, 4.69) is 22.0 Å². The van der Waals surface area contributed by atoms with Gasteiger partial charge in [-0.05, 0) is 69.2 Å². The molecule has 1 amide bonds. The second-order valence-corrected chi connectivity index (χ2v) is 8.39. The molecule has 144 valence electrons. The second kappa shape index (κ2) is 7.97. The lowest BCUT2D eigenvalue weighted by Crippen LogP contribution is -2.40. The van der Waals surface area contributed by atoms with Crippen molar-refractivity contribution in [1.29, 1.82) is 0 Å². The van der Waals surface area contributed by atoms with Gasteiger partial charge in [-0.15, -0.1) is 11.3 Å². The van der Waals surface area contributed by atoms with Crippen LogP contribution in [0, 0.1) is 0 Å². The number of fused-ring (bicyclic) bond motifs is 1. The normalized spacial score (nSPS) is 15.8. The number of halogens is 1. The first-order chi connectivity index (χ1) is 13.6. The van der Waals surface area contributed by atoms with E-state index in [1.54, 1.807) is 25.6 Å². The van der Waals surface area contributed by atoms with Crippen molar-refractivity contribution < 1.29 is 14.3 Å². The third-order valence-electron chi connectivity index (χ3n) is 5.05. The molecule has 0 saturated carbocycles. The molecule has 1 aliphatic heterocycles. The van der Waals surface area contributed by atoms with E-state index >= 15 is 0 Å². The van der Waals surface area contributed by atoms with Crippen molar-refractivity contribution in [3.8, 4) is 11.5 Å². The highest BCUT2D eigenvalue weighted by Crippen LogP contribution is 2.42. The summed E-state index contributed by atoms with van der Waals surface area (Å²) in [4.78, 5) is 16.5. The van der Waals surface area contributed by atoms with Crippen LogP contribution in [0.4, 0.5) is 0 Å². The van der Waals surface area contributed by atoms with Crippen molar-refractivity contribution in [2.45, 2.75) is 12.5 Å². The summed E-state index contributed by atoms with van der Waals surface area (Å²) in [7, 11) is 3.28. The molecule has 6 heteroatoms. The number of thiophene rings is 1. The number of carbonyl (C=O) groups is 1. The Morgan fingerprint density at radius 1 is 1.11 bits per heavy atom. The fraction of sp³-hybridized carbons (Fsp3) is 0.227. The Bertz CT molecular complexity index is 1000. The number of hydrogen-bond acceptors (Lipinski definition) is 4. The Morgan fingerprint density at radius 3 is 2.54 bits per heavy atom. The Balaban J connectivity index is 1.84. The fourth-order valence-electron chi connectivity index (χ4n) is 3.71. The number of methoxy groups -OCH3 is 2. The Hall–Kier alpha value is -2.31. The Kier molecular flexibility index (Phi) is 5.42. The molecule has 0 N–H and O–H groups in total. The smallest absolute Gasteiger partial charge is 0.255 e. The molecule has 0 saturated heterocycles. The lowest BCUT2D eigenvalue weighted by atomic mass is 9.90. The van der Waals surface area contributed by atoms with Crippen LogP contribution in [0.5, 0.6) is 11.5 Å². The van der Waals surface area contributed by atoms with Gasteiger partial charge in [0.1, 0.15) is 0 Å². The van der Waals surface area contributed by atoms with Crippen molar-refractivity contribution >= 4 is 33.2 Å². The van der Waals surface area contributed by atoms with Gasteiger partial charge in [0.05, 0.1) is 25.8 Å². The van der Waals surface area contributed by atoms with Crippen LogP contribution >= 0.6 is 27.3 Å². The van der Waals surface area contributed by atoms with Gasteiger partial charge in [-0.25, -0.2) is 0 Å². The fourth-order valence-corrected chi connectivity index (χ4v) is 5.02. The van der Waals surface area contributed by atoms with E-state index in [-0.39, 0.29) is 11.9 Å². The number of benzene rings is 2. The molecule has 1 atom stereocenters. The first-order valence-corrected chi connectivity index (χ1v) is 10.6. The van der Waals surface area contributed by atoms with E-state index in [9.17, 15) is 4.79 Å². The SMILES string of the molecule is COc1cc2c(cc1OC)C(c1cccs1)N(C(=O)c1ccccc1Br)CC2. The Labute approximate surface area is 176 Å². The number of rotatable bonds is 4. The minimum Gasteiger partial charge on any atom is -0.493 e. The molecule has 0 spiro atoms. The van der Waals surface area contributed by atoms with Crippen LogP contribution in [0.15, 0.2) is 58.4 Å². The van der Waals surface area contributed by atoms with E-state index in [0.29, 0.717) is 17.9 Å². The third-order valence-corrected chi connectivity index (χ3v) is 6.67. The number of nitrogens with zero attached hydrogens (tertiary/aromatic N) is 1. The lowest BCUT2D eigenvalue weighted by molar-refractivity contribution is 0.0696. The molecular formula is C22H20BrNO3S. The quantitative estimate of drug-likeness (QED) is 0.532. The monoisotopic (exact) mass is 457 g/mol. The van der Waals surface area contributed by atoms with Gasteiger partial charge in [0.2, 0.25) is 0 Å². The molecule has 1 aromatic heterocycles. The van der Waals surface area contributed by atoms with Crippen molar-refractivity contribution in [2.24, 2.45) is 0 Å². The van der Waals surface area contributed by atoms with E-state index < -0.39 is 0 Å². The molecule has 2 aromatic carbocycles. The van der Waals surface area contributed by atoms with Gasteiger partial charge in [0.15, 0.2) is 11.5 Å². The van der Waals surface area contributed by atoms with Crippen LogP contribution < -0.4 is 9.47 Å². The van der Waals surface area contributed by atoms with Gasteiger partial charge in [-0.3, -0.25) is 4.79 Å². The van der Waals surface area contributed by atoms with Gasteiger partial charge < -0.3 is 14.4 Å². The molecule has 2 heterocycles. The first kappa shape index (κ1) is 19.0. The zero-order valence-corrected chi connectivity index (χ0v) is 18.0. The predicted octanol–water partition coefficient (Wildman–Crippen LogP) is 5.32. The molecular weight excluding hydrogens is 438 g/mol. The first-order valence-electron chi connectivity index (χ1n) is 8.97. The van der Waals surface area contributed by atoms with Gasteiger partial charge in [0, 0.05) is 15.9 Å². The minimum atomic E-state index is -0.150.